The number of aromatic amines is 1. The SMILES string of the molecule is Cc1[nH]n(-c2cccc(Cl)c2)c(=O)c1Sc1ccccc1. The summed E-state index contributed by atoms with van der Waals surface area (Å²) in [6.07, 6.45) is 0. The van der Waals surface area contributed by atoms with Gasteiger partial charge in [0.2, 0.25) is 0 Å². The van der Waals surface area contributed by atoms with E-state index in [1.165, 1.54) is 16.4 Å². The van der Waals surface area contributed by atoms with Crippen LogP contribution in [-0.4, -0.2) is 9.78 Å². The van der Waals surface area contributed by atoms with Crippen LogP contribution in [0.15, 0.2) is 69.2 Å². The molecule has 3 nitrogen and oxygen atoms in total. The van der Waals surface area contributed by atoms with Crippen LogP contribution in [0, 0.1) is 6.92 Å². The van der Waals surface area contributed by atoms with Gasteiger partial charge in [-0.2, -0.15) is 0 Å². The van der Waals surface area contributed by atoms with Gasteiger partial charge in [0.15, 0.2) is 0 Å². The van der Waals surface area contributed by atoms with Gasteiger partial charge in [-0.15, -0.1) is 0 Å². The van der Waals surface area contributed by atoms with Crippen LogP contribution in [0.2, 0.25) is 5.02 Å². The Balaban J connectivity index is 2.03. The van der Waals surface area contributed by atoms with E-state index in [0.717, 1.165) is 16.3 Å². The van der Waals surface area contributed by atoms with Crippen molar-refractivity contribution in [1.29, 1.82) is 0 Å². The monoisotopic (exact) mass is 316 g/mol. The Bertz CT molecular complexity index is 824. The second kappa shape index (κ2) is 5.84. The molecule has 0 atom stereocenters. The van der Waals surface area contributed by atoms with E-state index in [4.69, 9.17) is 11.6 Å². The Labute approximate surface area is 131 Å². The summed E-state index contributed by atoms with van der Waals surface area (Å²) >= 11 is 7.45. The molecule has 3 aromatic rings. The van der Waals surface area contributed by atoms with Gasteiger partial charge in [-0.05, 0) is 37.3 Å². The Kier molecular flexibility index (Phi) is 3.90. The normalized spacial score (nSPS) is 10.8. The van der Waals surface area contributed by atoms with Gasteiger partial charge in [-0.3, -0.25) is 9.89 Å². The van der Waals surface area contributed by atoms with Gasteiger partial charge in [0.25, 0.3) is 5.56 Å². The molecule has 1 N–H and O–H groups in total. The van der Waals surface area contributed by atoms with Gasteiger partial charge < -0.3 is 0 Å². The number of rotatable bonds is 3. The maximum atomic E-state index is 12.6. The number of nitrogens with one attached hydrogen (secondary N) is 1. The molecular formula is C16H13ClN2OS. The molecule has 0 aliphatic carbocycles. The van der Waals surface area contributed by atoms with Crippen LogP contribution in [0.4, 0.5) is 0 Å². The van der Waals surface area contributed by atoms with Crippen LogP contribution in [0.1, 0.15) is 5.69 Å². The summed E-state index contributed by atoms with van der Waals surface area (Å²) in [4.78, 5) is 14.3. The maximum Gasteiger partial charge on any atom is 0.285 e. The summed E-state index contributed by atoms with van der Waals surface area (Å²) in [7, 11) is 0. The van der Waals surface area contributed by atoms with Gasteiger partial charge in [0.05, 0.1) is 10.6 Å². The molecule has 0 fully saturated rings. The largest absolute Gasteiger partial charge is 0.294 e. The summed E-state index contributed by atoms with van der Waals surface area (Å²) in [6, 6.07) is 17.1. The minimum atomic E-state index is -0.0661. The zero-order valence-corrected chi connectivity index (χ0v) is 12.9. The van der Waals surface area contributed by atoms with Gasteiger partial charge in [-0.25, -0.2) is 4.68 Å². The van der Waals surface area contributed by atoms with Crippen molar-refractivity contribution in [2.45, 2.75) is 16.7 Å². The first kappa shape index (κ1) is 14.0. The molecule has 0 saturated carbocycles. The van der Waals surface area contributed by atoms with Crippen LogP contribution < -0.4 is 5.56 Å². The maximum absolute atomic E-state index is 12.6. The molecule has 0 spiro atoms. The fourth-order valence-electron chi connectivity index (χ4n) is 2.05. The molecule has 21 heavy (non-hydrogen) atoms. The smallest absolute Gasteiger partial charge is 0.285 e. The molecule has 5 heteroatoms. The first-order chi connectivity index (χ1) is 10.1. The van der Waals surface area contributed by atoms with Crippen LogP contribution in [0.25, 0.3) is 5.69 Å². The number of hydrogen-bond donors (Lipinski definition) is 1. The van der Waals surface area contributed by atoms with Crippen molar-refractivity contribution in [3.05, 3.63) is 75.7 Å². The zero-order valence-electron chi connectivity index (χ0n) is 11.3. The van der Waals surface area contributed by atoms with Crippen LogP contribution in [0.5, 0.6) is 0 Å². The second-order valence-corrected chi connectivity index (χ2v) is 6.12. The molecule has 106 valence electrons. The number of aryl methyl sites for hydroxylation is 1. The lowest BCUT2D eigenvalue weighted by Crippen LogP contribution is -2.15. The third kappa shape index (κ3) is 2.91. The summed E-state index contributed by atoms with van der Waals surface area (Å²) in [5, 5.41) is 3.70. The molecule has 1 aromatic heterocycles. The first-order valence-electron chi connectivity index (χ1n) is 6.45. The van der Waals surface area contributed by atoms with Crippen molar-refractivity contribution in [3.63, 3.8) is 0 Å². The molecule has 2 aromatic carbocycles. The highest BCUT2D eigenvalue weighted by Gasteiger charge is 2.13. The highest BCUT2D eigenvalue weighted by molar-refractivity contribution is 7.99. The molecule has 0 amide bonds. The third-order valence-electron chi connectivity index (χ3n) is 3.05. The molecule has 0 bridgehead atoms. The van der Waals surface area contributed by atoms with Gasteiger partial charge in [-0.1, -0.05) is 47.6 Å². The molecule has 0 aliphatic heterocycles. The zero-order chi connectivity index (χ0) is 14.8. The number of benzene rings is 2. The predicted molar refractivity (Wildman–Crippen MR) is 86.7 cm³/mol. The van der Waals surface area contributed by atoms with Crippen molar-refractivity contribution in [1.82, 2.24) is 9.78 Å². The van der Waals surface area contributed by atoms with E-state index in [0.29, 0.717) is 9.92 Å². The minimum absolute atomic E-state index is 0.0661. The molecule has 0 radical (unpaired) electrons. The van der Waals surface area contributed by atoms with E-state index in [9.17, 15) is 4.79 Å². The standard InChI is InChI=1S/C16H13ClN2OS/c1-11-15(21-14-8-3-2-4-9-14)16(20)19(18-11)13-7-5-6-12(17)10-13/h2-10,18H,1H3. The Morgan fingerprint density at radius 2 is 1.86 bits per heavy atom. The average molecular weight is 317 g/mol. The number of halogens is 1. The number of H-pyrrole nitrogens is 1. The van der Waals surface area contributed by atoms with Crippen molar-refractivity contribution < 1.29 is 0 Å². The number of nitrogens with zero attached hydrogens (tertiary/aromatic N) is 1. The first-order valence-corrected chi connectivity index (χ1v) is 7.65. The van der Waals surface area contributed by atoms with E-state index in [-0.39, 0.29) is 5.56 Å². The summed E-state index contributed by atoms with van der Waals surface area (Å²) < 4.78 is 1.52. The average Bonchev–Trinajstić information content (AvgIpc) is 2.76. The van der Waals surface area contributed by atoms with E-state index in [1.54, 1.807) is 12.1 Å². The van der Waals surface area contributed by atoms with Gasteiger partial charge in [0.1, 0.15) is 0 Å². The topological polar surface area (TPSA) is 37.8 Å². The fraction of sp³-hybridized carbons (Fsp3) is 0.0625. The molecule has 0 aliphatic rings. The van der Waals surface area contributed by atoms with Crippen LogP contribution in [0.3, 0.4) is 0 Å². The van der Waals surface area contributed by atoms with Gasteiger partial charge in [0, 0.05) is 15.6 Å². The van der Waals surface area contributed by atoms with Gasteiger partial charge >= 0.3 is 0 Å². The highest BCUT2D eigenvalue weighted by atomic mass is 35.5. The van der Waals surface area contributed by atoms with Crippen LogP contribution >= 0.6 is 23.4 Å². The lowest BCUT2D eigenvalue weighted by Gasteiger charge is -2.01. The molecule has 1 heterocycles. The minimum Gasteiger partial charge on any atom is -0.294 e. The Hall–Kier alpha value is -1.91. The quantitative estimate of drug-likeness (QED) is 0.783. The van der Waals surface area contributed by atoms with E-state index in [2.05, 4.69) is 5.10 Å². The molecule has 3 rings (SSSR count). The van der Waals surface area contributed by atoms with Crippen molar-refractivity contribution in [2.24, 2.45) is 0 Å². The van der Waals surface area contributed by atoms with Crippen molar-refractivity contribution in [3.8, 4) is 5.69 Å². The summed E-state index contributed by atoms with van der Waals surface area (Å²) in [5.41, 5.74) is 1.51. The second-order valence-electron chi connectivity index (χ2n) is 4.60. The lowest BCUT2D eigenvalue weighted by atomic mass is 10.3. The van der Waals surface area contributed by atoms with Crippen molar-refractivity contribution in [2.75, 3.05) is 0 Å². The van der Waals surface area contributed by atoms with Crippen LogP contribution in [-0.2, 0) is 0 Å². The van der Waals surface area contributed by atoms with E-state index < -0.39 is 0 Å². The lowest BCUT2D eigenvalue weighted by molar-refractivity contribution is 0.834. The number of hydrogen-bond acceptors (Lipinski definition) is 2. The third-order valence-corrected chi connectivity index (χ3v) is 4.47. The molecular weight excluding hydrogens is 304 g/mol. The van der Waals surface area contributed by atoms with E-state index >= 15 is 0 Å². The molecule has 0 saturated heterocycles. The molecule has 0 unspecified atom stereocenters. The van der Waals surface area contributed by atoms with E-state index in [1.807, 2.05) is 49.4 Å². The fourth-order valence-corrected chi connectivity index (χ4v) is 3.15. The van der Waals surface area contributed by atoms with Crippen molar-refractivity contribution >= 4 is 23.4 Å². The summed E-state index contributed by atoms with van der Waals surface area (Å²) in [6.45, 7) is 1.90. The highest BCUT2D eigenvalue weighted by Crippen LogP contribution is 2.27. The predicted octanol–water partition coefficient (Wildman–Crippen LogP) is 4.28. The Morgan fingerprint density at radius 1 is 1.10 bits per heavy atom. The number of aromatic nitrogens is 2. The summed E-state index contributed by atoms with van der Waals surface area (Å²) in [5.74, 6) is 0. The Morgan fingerprint density at radius 3 is 2.57 bits per heavy atom.